The van der Waals surface area contributed by atoms with Gasteiger partial charge in [-0.05, 0) is 62.1 Å². The average molecular weight is 316 g/mol. The van der Waals surface area contributed by atoms with E-state index in [0.717, 1.165) is 30.4 Å². The number of hydrogen-bond donors (Lipinski definition) is 3. The number of carbonyl (C=O) groups excluding carboxylic acids is 2. The van der Waals surface area contributed by atoms with Gasteiger partial charge in [-0.3, -0.25) is 9.59 Å². The molecule has 0 heterocycles. The number of aliphatic hydroxyl groups is 1. The van der Waals surface area contributed by atoms with Crippen molar-refractivity contribution in [3.05, 3.63) is 29.3 Å². The fourth-order valence-corrected chi connectivity index (χ4v) is 4.16. The molecule has 1 aromatic rings. The number of aryl methyl sites for hydroxylation is 2. The summed E-state index contributed by atoms with van der Waals surface area (Å²) in [5, 5.41) is 15.1. The van der Waals surface area contributed by atoms with Crippen molar-refractivity contribution in [3.8, 4) is 0 Å². The highest BCUT2D eigenvalue weighted by atomic mass is 16.3. The number of amides is 2. The number of benzene rings is 1. The molecule has 4 atom stereocenters. The van der Waals surface area contributed by atoms with Crippen LogP contribution in [0.4, 0.5) is 5.69 Å². The van der Waals surface area contributed by atoms with E-state index in [-0.39, 0.29) is 18.6 Å². The molecule has 5 nitrogen and oxygen atoms in total. The Morgan fingerprint density at radius 2 is 1.91 bits per heavy atom. The van der Waals surface area contributed by atoms with Crippen LogP contribution in [0.3, 0.4) is 0 Å². The maximum atomic E-state index is 12.2. The molecule has 1 aromatic carbocycles. The van der Waals surface area contributed by atoms with Crippen molar-refractivity contribution in [3.63, 3.8) is 0 Å². The Hall–Kier alpha value is -1.88. The Morgan fingerprint density at radius 1 is 1.17 bits per heavy atom. The summed E-state index contributed by atoms with van der Waals surface area (Å²) in [6.45, 7) is 3.91. The molecule has 0 radical (unpaired) electrons. The maximum absolute atomic E-state index is 12.2. The van der Waals surface area contributed by atoms with Gasteiger partial charge in [-0.25, -0.2) is 0 Å². The van der Waals surface area contributed by atoms with E-state index in [4.69, 9.17) is 0 Å². The molecular formula is C18H24N2O3. The summed E-state index contributed by atoms with van der Waals surface area (Å²) >= 11 is 0. The van der Waals surface area contributed by atoms with Crippen LogP contribution in [0.5, 0.6) is 0 Å². The van der Waals surface area contributed by atoms with Gasteiger partial charge < -0.3 is 15.7 Å². The fraction of sp³-hybridized carbons (Fsp3) is 0.556. The molecule has 5 heteroatoms. The van der Waals surface area contributed by atoms with Gasteiger partial charge in [0.25, 0.3) is 0 Å². The minimum absolute atomic E-state index is 0.0735. The quantitative estimate of drug-likeness (QED) is 0.744. The predicted molar refractivity (Wildman–Crippen MR) is 87.9 cm³/mol. The molecule has 2 aliphatic rings. The van der Waals surface area contributed by atoms with Gasteiger partial charge in [-0.1, -0.05) is 12.1 Å². The summed E-state index contributed by atoms with van der Waals surface area (Å²) < 4.78 is 0. The normalized spacial score (nSPS) is 28.7. The van der Waals surface area contributed by atoms with Crippen LogP contribution in [0.25, 0.3) is 0 Å². The van der Waals surface area contributed by atoms with Gasteiger partial charge in [0.05, 0.1) is 0 Å². The SMILES string of the molecule is Cc1ccc(C)c(NC(=O)C(=O)NC2C3CCC(C3)C2CO)c1. The molecule has 3 N–H and O–H groups in total. The van der Waals surface area contributed by atoms with Crippen molar-refractivity contribution in [2.75, 3.05) is 11.9 Å². The molecule has 2 saturated carbocycles. The fourth-order valence-electron chi connectivity index (χ4n) is 4.16. The van der Waals surface area contributed by atoms with Gasteiger partial charge in [-0.2, -0.15) is 0 Å². The Labute approximate surface area is 136 Å². The van der Waals surface area contributed by atoms with Crippen LogP contribution < -0.4 is 10.6 Å². The maximum Gasteiger partial charge on any atom is 0.313 e. The number of rotatable bonds is 3. The predicted octanol–water partition coefficient (Wildman–Crippen LogP) is 1.77. The van der Waals surface area contributed by atoms with Crippen LogP contribution in [0.15, 0.2) is 18.2 Å². The van der Waals surface area contributed by atoms with E-state index >= 15 is 0 Å². The van der Waals surface area contributed by atoms with Crippen molar-refractivity contribution in [2.45, 2.75) is 39.2 Å². The number of aliphatic hydroxyl groups excluding tert-OH is 1. The van der Waals surface area contributed by atoms with Crippen LogP contribution in [-0.2, 0) is 9.59 Å². The van der Waals surface area contributed by atoms with Gasteiger partial charge in [0, 0.05) is 24.3 Å². The molecule has 0 saturated heterocycles. The van der Waals surface area contributed by atoms with E-state index < -0.39 is 11.8 Å². The Kier molecular flexibility index (Phi) is 4.39. The lowest BCUT2D eigenvalue weighted by molar-refractivity contribution is -0.137. The third-order valence-electron chi connectivity index (χ3n) is 5.44. The van der Waals surface area contributed by atoms with Crippen molar-refractivity contribution in [2.24, 2.45) is 17.8 Å². The summed E-state index contributed by atoms with van der Waals surface area (Å²) in [6, 6.07) is 5.66. The molecular weight excluding hydrogens is 292 g/mol. The molecule has 2 amide bonds. The van der Waals surface area contributed by atoms with Gasteiger partial charge in [0.2, 0.25) is 0 Å². The minimum Gasteiger partial charge on any atom is -0.396 e. The minimum atomic E-state index is -0.641. The van der Waals surface area contributed by atoms with Crippen molar-refractivity contribution >= 4 is 17.5 Å². The lowest BCUT2D eigenvalue weighted by Gasteiger charge is -2.30. The van der Waals surface area contributed by atoms with Crippen LogP contribution in [0.2, 0.25) is 0 Å². The second kappa shape index (κ2) is 6.32. The Morgan fingerprint density at radius 3 is 2.65 bits per heavy atom. The van der Waals surface area contributed by atoms with E-state index in [1.54, 1.807) is 0 Å². The highest BCUT2D eigenvalue weighted by molar-refractivity contribution is 6.39. The smallest absolute Gasteiger partial charge is 0.313 e. The van der Waals surface area contributed by atoms with Crippen LogP contribution >= 0.6 is 0 Å². The number of nitrogens with one attached hydrogen (secondary N) is 2. The summed E-state index contributed by atoms with van der Waals surface area (Å²) in [4.78, 5) is 24.4. The third kappa shape index (κ3) is 3.11. The van der Waals surface area contributed by atoms with Gasteiger partial charge >= 0.3 is 11.8 Å². The van der Waals surface area contributed by atoms with Gasteiger partial charge in [0.15, 0.2) is 0 Å². The van der Waals surface area contributed by atoms with E-state index in [2.05, 4.69) is 10.6 Å². The summed E-state index contributed by atoms with van der Waals surface area (Å²) in [5.41, 5.74) is 2.61. The van der Waals surface area contributed by atoms with Crippen molar-refractivity contribution in [1.29, 1.82) is 0 Å². The molecule has 0 spiro atoms. The van der Waals surface area contributed by atoms with E-state index in [1.807, 2.05) is 32.0 Å². The third-order valence-corrected chi connectivity index (χ3v) is 5.44. The van der Waals surface area contributed by atoms with Crippen molar-refractivity contribution < 1.29 is 14.7 Å². The molecule has 0 aromatic heterocycles. The standard InChI is InChI=1S/C18H24N2O3/c1-10-3-4-11(2)15(7-10)19-17(22)18(23)20-16-13-6-5-12(8-13)14(16)9-21/h3-4,7,12-14,16,21H,5-6,8-9H2,1-2H3,(H,19,22)(H,20,23). The second-order valence-electron chi connectivity index (χ2n) is 6.95. The molecule has 2 aliphatic carbocycles. The molecule has 4 unspecified atom stereocenters. The van der Waals surface area contributed by atoms with Crippen LogP contribution in [0, 0.1) is 31.6 Å². The van der Waals surface area contributed by atoms with E-state index in [9.17, 15) is 14.7 Å². The van der Waals surface area contributed by atoms with Gasteiger partial charge in [-0.15, -0.1) is 0 Å². The van der Waals surface area contributed by atoms with Crippen LogP contribution in [-0.4, -0.2) is 29.6 Å². The molecule has 0 aliphatic heterocycles. The first-order valence-electron chi connectivity index (χ1n) is 8.29. The first-order valence-corrected chi connectivity index (χ1v) is 8.29. The summed E-state index contributed by atoms with van der Waals surface area (Å²) in [7, 11) is 0. The molecule has 2 fully saturated rings. The Balaban J connectivity index is 1.64. The Bertz CT molecular complexity index is 629. The summed E-state index contributed by atoms with van der Waals surface area (Å²) in [5.74, 6) is -0.279. The lowest BCUT2D eigenvalue weighted by Crippen LogP contribution is -2.48. The highest BCUT2D eigenvalue weighted by Gasteiger charge is 2.48. The highest BCUT2D eigenvalue weighted by Crippen LogP contribution is 2.48. The topological polar surface area (TPSA) is 78.4 Å². The van der Waals surface area contributed by atoms with E-state index in [0.29, 0.717) is 17.5 Å². The number of carbonyl (C=O) groups is 2. The van der Waals surface area contributed by atoms with Gasteiger partial charge in [0.1, 0.15) is 0 Å². The van der Waals surface area contributed by atoms with Crippen molar-refractivity contribution in [1.82, 2.24) is 5.32 Å². The molecule has 23 heavy (non-hydrogen) atoms. The second-order valence-corrected chi connectivity index (χ2v) is 6.95. The molecule has 3 rings (SSSR count). The summed E-state index contributed by atoms with van der Waals surface area (Å²) in [6.07, 6.45) is 3.25. The zero-order valence-electron chi connectivity index (χ0n) is 13.6. The monoisotopic (exact) mass is 316 g/mol. The van der Waals surface area contributed by atoms with E-state index in [1.165, 1.54) is 0 Å². The molecule has 2 bridgehead atoms. The lowest BCUT2D eigenvalue weighted by atomic mass is 9.85. The van der Waals surface area contributed by atoms with Crippen LogP contribution in [0.1, 0.15) is 30.4 Å². The molecule has 124 valence electrons. The first kappa shape index (κ1) is 16.0. The zero-order valence-corrected chi connectivity index (χ0v) is 13.6. The average Bonchev–Trinajstić information content (AvgIpc) is 3.11. The first-order chi connectivity index (χ1) is 11.0. The number of anilines is 1. The number of hydrogen-bond acceptors (Lipinski definition) is 3. The largest absolute Gasteiger partial charge is 0.396 e. The number of fused-ring (bicyclic) bond motifs is 2. The zero-order chi connectivity index (χ0) is 16.6.